The lowest BCUT2D eigenvalue weighted by Crippen LogP contribution is -2.57. The molecule has 3 aromatic rings. The van der Waals surface area contributed by atoms with E-state index in [4.69, 9.17) is 4.98 Å². The number of amides is 1. The molecule has 2 bridgehead atoms. The molecule has 2 N–H and O–H groups in total. The molecule has 7 nitrogen and oxygen atoms in total. The van der Waals surface area contributed by atoms with Crippen molar-refractivity contribution in [3.63, 3.8) is 0 Å². The molecule has 1 saturated heterocycles. The van der Waals surface area contributed by atoms with Gasteiger partial charge in [0.05, 0.1) is 22.0 Å². The minimum absolute atomic E-state index is 0.107. The highest BCUT2D eigenvalue weighted by molar-refractivity contribution is 9.10. The van der Waals surface area contributed by atoms with Crippen molar-refractivity contribution in [3.05, 3.63) is 69.7 Å². The number of hydrogen-bond donors (Lipinski definition) is 2. The number of carbonyl (C=O) groups is 2. The van der Waals surface area contributed by atoms with Gasteiger partial charge in [0.1, 0.15) is 11.6 Å². The van der Waals surface area contributed by atoms with Gasteiger partial charge in [-0.25, -0.2) is 4.98 Å². The highest BCUT2D eigenvalue weighted by Crippen LogP contribution is 2.56. The maximum Gasteiger partial charge on any atom is 0.573 e. The molecule has 11 heteroatoms. The Morgan fingerprint density at radius 1 is 1.10 bits per heavy atom. The number of para-hydroxylation sites is 1. The van der Waals surface area contributed by atoms with Gasteiger partial charge in [0.2, 0.25) is 0 Å². The number of hydrogen-bond acceptors (Lipinski definition) is 5. The Hall–Kier alpha value is -3.60. The summed E-state index contributed by atoms with van der Waals surface area (Å²) in [5.41, 5.74) is -0.0948. The molecule has 0 radical (unpaired) electrons. The Bertz CT molecular complexity index is 1610. The molecular formula is C30H27BrF3N3O4. The fourth-order valence-electron chi connectivity index (χ4n) is 6.38. The van der Waals surface area contributed by atoms with Gasteiger partial charge in [-0.1, -0.05) is 40.2 Å². The molecule has 41 heavy (non-hydrogen) atoms. The van der Waals surface area contributed by atoms with Gasteiger partial charge in [0, 0.05) is 34.1 Å². The van der Waals surface area contributed by atoms with Crippen LogP contribution in [0.4, 0.5) is 19.0 Å². The van der Waals surface area contributed by atoms with E-state index in [1.54, 1.807) is 6.07 Å². The first-order valence-corrected chi connectivity index (χ1v) is 14.2. The van der Waals surface area contributed by atoms with Crippen molar-refractivity contribution in [3.8, 4) is 5.75 Å². The third-order valence-electron chi connectivity index (χ3n) is 8.66. The van der Waals surface area contributed by atoms with Crippen LogP contribution in [0.1, 0.15) is 53.6 Å². The van der Waals surface area contributed by atoms with Crippen molar-refractivity contribution in [1.29, 1.82) is 0 Å². The average molecular weight is 630 g/mol. The minimum atomic E-state index is -4.95. The third kappa shape index (κ3) is 4.73. The number of halogens is 4. The molecular weight excluding hydrogens is 603 g/mol. The van der Waals surface area contributed by atoms with Crippen molar-refractivity contribution in [2.45, 2.75) is 50.9 Å². The van der Waals surface area contributed by atoms with Crippen molar-refractivity contribution in [2.75, 3.05) is 18.0 Å². The molecule has 0 atom stereocenters. The number of nitrogens with one attached hydrogen (secondary N) is 1. The number of anilines is 1. The Kier molecular flexibility index (Phi) is 6.55. The largest absolute Gasteiger partial charge is 0.573 e. The summed E-state index contributed by atoms with van der Waals surface area (Å²) in [6.45, 7) is 3.52. The molecule has 3 aliphatic carbocycles. The van der Waals surface area contributed by atoms with Crippen molar-refractivity contribution in [1.82, 2.24) is 10.3 Å². The van der Waals surface area contributed by atoms with Crippen LogP contribution < -0.4 is 15.0 Å². The average Bonchev–Trinajstić information content (AvgIpc) is 2.88. The number of ether oxygens (including phenoxy) is 1. The second kappa shape index (κ2) is 9.75. The van der Waals surface area contributed by atoms with E-state index in [1.165, 1.54) is 24.3 Å². The highest BCUT2D eigenvalue weighted by atomic mass is 79.9. The van der Waals surface area contributed by atoms with Crippen LogP contribution in [0, 0.1) is 12.3 Å². The van der Waals surface area contributed by atoms with Crippen molar-refractivity contribution in [2.24, 2.45) is 5.41 Å². The molecule has 1 aromatic heterocycles. The Morgan fingerprint density at radius 3 is 2.44 bits per heavy atom. The number of pyridine rings is 1. The van der Waals surface area contributed by atoms with Crippen molar-refractivity contribution >= 4 is 50.1 Å². The summed E-state index contributed by atoms with van der Waals surface area (Å²) in [5.74, 6) is -1.14. The standard InChI is InChI=1S/C30H27BrF3N3O4/c1-17-24(20-15-18(31)7-8-22(20)35-25(17)37-13-4-14-37)26(38)36-29-11-9-28(10-12-29,27(39)40)16-21(29)19-5-2-3-6-23(19)41-30(32,33)34/h2-3,5-8,15-16H,4,9-14H2,1H3,(H,36,38)(H,39,40). The van der Waals surface area contributed by atoms with Crippen LogP contribution in [0.2, 0.25) is 0 Å². The number of benzene rings is 2. The van der Waals surface area contributed by atoms with Crippen LogP contribution in [0.5, 0.6) is 5.75 Å². The molecule has 7 rings (SSSR count). The SMILES string of the molecule is Cc1c(N2CCC2)nc2ccc(Br)cc2c1C(=O)NC12CCC(C(=O)O)(C=C1c1ccccc1OC(F)(F)F)CC2. The van der Waals surface area contributed by atoms with Gasteiger partial charge in [0.25, 0.3) is 5.91 Å². The van der Waals surface area contributed by atoms with E-state index in [9.17, 15) is 27.9 Å². The number of nitrogens with zero attached hydrogens (tertiary/aromatic N) is 2. The summed E-state index contributed by atoms with van der Waals surface area (Å²) in [6, 6.07) is 11.2. The normalized spacial score (nSPS) is 23.6. The summed E-state index contributed by atoms with van der Waals surface area (Å²) < 4.78 is 45.2. The number of carbonyl (C=O) groups excluding carboxylic acids is 1. The first-order valence-electron chi connectivity index (χ1n) is 13.4. The summed E-state index contributed by atoms with van der Waals surface area (Å²) in [4.78, 5) is 33.6. The van der Waals surface area contributed by atoms with Gasteiger partial charge < -0.3 is 20.1 Å². The zero-order chi connectivity index (χ0) is 29.2. The van der Waals surface area contributed by atoms with Gasteiger partial charge in [-0.2, -0.15) is 0 Å². The number of rotatable bonds is 6. The topological polar surface area (TPSA) is 91.8 Å². The Labute approximate surface area is 242 Å². The van der Waals surface area contributed by atoms with E-state index >= 15 is 0 Å². The van der Waals surface area contributed by atoms with Crippen LogP contribution in [0.3, 0.4) is 0 Å². The fraction of sp³-hybridized carbons (Fsp3) is 0.367. The maximum atomic E-state index is 14.3. The monoisotopic (exact) mass is 629 g/mol. The van der Waals surface area contributed by atoms with Gasteiger partial charge in [0.15, 0.2) is 0 Å². The van der Waals surface area contributed by atoms with Crippen molar-refractivity contribution < 1.29 is 32.6 Å². The molecule has 0 unspecified atom stereocenters. The summed E-state index contributed by atoms with van der Waals surface area (Å²) in [5, 5.41) is 13.9. The van der Waals surface area contributed by atoms with E-state index in [1.807, 2.05) is 25.1 Å². The number of carboxylic acid groups (broad SMARTS) is 1. The van der Waals surface area contributed by atoms with E-state index in [-0.39, 0.29) is 37.2 Å². The first kappa shape index (κ1) is 27.6. The fourth-order valence-corrected chi connectivity index (χ4v) is 6.74. The predicted octanol–water partition coefficient (Wildman–Crippen LogP) is 6.63. The molecule has 214 valence electrons. The predicted molar refractivity (Wildman–Crippen MR) is 151 cm³/mol. The Balaban J connectivity index is 1.48. The van der Waals surface area contributed by atoms with E-state index in [2.05, 4.69) is 30.9 Å². The van der Waals surface area contributed by atoms with Gasteiger partial charge in [-0.3, -0.25) is 9.59 Å². The highest BCUT2D eigenvalue weighted by Gasteiger charge is 2.54. The minimum Gasteiger partial charge on any atom is -0.481 e. The van der Waals surface area contributed by atoms with Gasteiger partial charge >= 0.3 is 12.3 Å². The summed E-state index contributed by atoms with van der Waals surface area (Å²) >= 11 is 3.49. The maximum absolute atomic E-state index is 14.3. The first-order chi connectivity index (χ1) is 19.4. The molecule has 1 aliphatic heterocycles. The molecule has 0 spiro atoms. The number of aliphatic carboxylic acids is 1. The molecule has 2 aromatic carbocycles. The van der Waals surface area contributed by atoms with Crippen LogP contribution in [0.15, 0.2) is 53.0 Å². The van der Waals surface area contributed by atoms with Crippen LogP contribution in [-0.4, -0.2) is 47.0 Å². The molecule has 1 saturated carbocycles. The zero-order valence-electron chi connectivity index (χ0n) is 22.1. The lowest BCUT2D eigenvalue weighted by Gasteiger charge is -2.51. The zero-order valence-corrected chi connectivity index (χ0v) is 23.7. The number of alkyl halides is 3. The molecule has 4 aliphatic rings. The summed E-state index contributed by atoms with van der Waals surface area (Å²) in [7, 11) is 0. The molecule has 1 amide bonds. The second-order valence-corrected chi connectivity index (χ2v) is 12.0. The van der Waals surface area contributed by atoms with Crippen LogP contribution >= 0.6 is 15.9 Å². The van der Waals surface area contributed by atoms with E-state index < -0.39 is 29.0 Å². The number of carboxylic acids is 1. The lowest BCUT2D eigenvalue weighted by molar-refractivity contribution is -0.274. The van der Waals surface area contributed by atoms with Gasteiger partial charge in [-0.15, -0.1) is 13.2 Å². The lowest BCUT2D eigenvalue weighted by atomic mass is 9.57. The Morgan fingerprint density at radius 2 is 1.80 bits per heavy atom. The smallest absolute Gasteiger partial charge is 0.481 e. The second-order valence-electron chi connectivity index (χ2n) is 11.0. The quantitative estimate of drug-likeness (QED) is 0.318. The van der Waals surface area contributed by atoms with Gasteiger partial charge in [-0.05, 0) is 68.9 Å². The molecule has 2 fully saturated rings. The van der Waals surface area contributed by atoms with Crippen LogP contribution in [-0.2, 0) is 4.79 Å². The number of fused-ring (bicyclic) bond motifs is 3. The third-order valence-corrected chi connectivity index (χ3v) is 9.15. The van der Waals surface area contributed by atoms with E-state index in [0.717, 1.165) is 29.8 Å². The molecule has 2 heterocycles. The van der Waals surface area contributed by atoms with E-state index in [0.29, 0.717) is 27.6 Å². The van der Waals surface area contributed by atoms with Crippen LogP contribution in [0.25, 0.3) is 16.5 Å². The summed E-state index contributed by atoms with van der Waals surface area (Å²) in [6.07, 6.45) is -1.39. The number of aromatic nitrogens is 1.